The van der Waals surface area contributed by atoms with Crippen LogP contribution in [0.5, 0.6) is 0 Å². The van der Waals surface area contributed by atoms with Crippen LogP contribution in [-0.4, -0.2) is 34.1 Å². The molecule has 0 bridgehead atoms. The minimum Gasteiger partial charge on any atom is -0.338 e. The summed E-state index contributed by atoms with van der Waals surface area (Å²) in [4.78, 5) is 14.6. The van der Waals surface area contributed by atoms with Crippen molar-refractivity contribution in [1.82, 2.24) is 15.1 Å². The van der Waals surface area contributed by atoms with Gasteiger partial charge in [-0.1, -0.05) is 17.7 Å². The van der Waals surface area contributed by atoms with Crippen LogP contribution in [0.1, 0.15) is 45.9 Å². The lowest BCUT2D eigenvalue weighted by atomic mass is 9.88. The van der Waals surface area contributed by atoms with E-state index in [0.29, 0.717) is 11.5 Å². The summed E-state index contributed by atoms with van der Waals surface area (Å²) in [5.74, 6) is 0.403. The SMILES string of the molecule is Cc1cc(C(=O)N2CCC[C@H](c3ccc(Cl)cc3C)C2)cnn1. The van der Waals surface area contributed by atoms with Crippen LogP contribution in [0.2, 0.25) is 5.02 Å². The third kappa shape index (κ3) is 3.53. The number of nitrogens with zero attached hydrogens (tertiary/aromatic N) is 3. The maximum atomic E-state index is 12.7. The van der Waals surface area contributed by atoms with E-state index in [4.69, 9.17) is 11.6 Å². The average Bonchev–Trinajstić information content (AvgIpc) is 2.54. The van der Waals surface area contributed by atoms with Crippen molar-refractivity contribution in [2.75, 3.05) is 13.1 Å². The predicted octanol–water partition coefficient (Wildman–Crippen LogP) is 3.77. The van der Waals surface area contributed by atoms with Gasteiger partial charge in [0.15, 0.2) is 0 Å². The zero-order valence-electron chi connectivity index (χ0n) is 13.4. The zero-order chi connectivity index (χ0) is 16.4. The van der Waals surface area contributed by atoms with Gasteiger partial charge in [0.25, 0.3) is 5.91 Å². The number of halogens is 1. The van der Waals surface area contributed by atoms with Gasteiger partial charge in [0, 0.05) is 24.0 Å². The van der Waals surface area contributed by atoms with Gasteiger partial charge in [-0.3, -0.25) is 4.79 Å². The van der Waals surface area contributed by atoms with E-state index >= 15 is 0 Å². The van der Waals surface area contributed by atoms with Crippen LogP contribution < -0.4 is 0 Å². The third-order valence-corrected chi connectivity index (χ3v) is 4.64. The Kier molecular flexibility index (Phi) is 4.62. The molecule has 1 aliphatic heterocycles. The van der Waals surface area contributed by atoms with Gasteiger partial charge in [-0.25, -0.2) is 0 Å². The summed E-state index contributed by atoms with van der Waals surface area (Å²) in [6, 6.07) is 7.82. The first-order valence-corrected chi connectivity index (χ1v) is 8.27. The first-order chi connectivity index (χ1) is 11.0. The molecule has 0 radical (unpaired) electrons. The van der Waals surface area contributed by atoms with E-state index in [0.717, 1.165) is 36.6 Å². The molecule has 4 nitrogen and oxygen atoms in total. The molecule has 1 fully saturated rings. The number of piperidine rings is 1. The Balaban J connectivity index is 1.79. The summed E-state index contributed by atoms with van der Waals surface area (Å²) >= 11 is 6.05. The molecule has 3 rings (SSSR count). The molecule has 2 heterocycles. The highest BCUT2D eigenvalue weighted by molar-refractivity contribution is 6.30. The fourth-order valence-electron chi connectivity index (χ4n) is 3.29. The maximum Gasteiger partial charge on any atom is 0.255 e. The van der Waals surface area contributed by atoms with Crippen molar-refractivity contribution in [3.8, 4) is 0 Å². The van der Waals surface area contributed by atoms with Crippen LogP contribution >= 0.6 is 11.6 Å². The summed E-state index contributed by atoms with van der Waals surface area (Å²) in [7, 11) is 0. The molecule has 1 atom stereocenters. The van der Waals surface area contributed by atoms with E-state index in [9.17, 15) is 4.79 Å². The van der Waals surface area contributed by atoms with Gasteiger partial charge < -0.3 is 4.90 Å². The molecule has 2 aromatic rings. The summed E-state index contributed by atoms with van der Waals surface area (Å²) in [5, 5.41) is 8.56. The second-order valence-corrected chi connectivity index (χ2v) is 6.61. The van der Waals surface area contributed by atoms with Crippen molar-refractivity contribution < 1.29 is 4.79 Å². The number of benzene rings is 1. The number of rotatable bonds is 2. The van der Waals surface area contributed by atoms with Gasteiger partial charge in [-0.15, -0.1) is 0 Å². The van der Waals surface area contributed by atoms with Crippen LogP contribution in [-0.2, 0) is 0 Å². The highest BCUT2D eigenvalue weighted by Gasteiger charge is 2.26. The van der Waals surface area contributed by atoms with E-state index in [1.54, 1.807) is 12.3 Å². The second kappa shape index (κ2) is 6.67. The van der Waals surface area contributed by atoms with Crippen molar-refractivity contribution in [3.63, 3.8) is 0 Å². The number of aryl methyl sites for hydroxylation is 2. The topological polar surface area (TPSA) is 46.1 Å². The molecule has 0 unspecified atom stereocenters. The van der Waals surface area contributed by atoms with E-state index in [1.165, 1.54) is 11.1 Å². The summed E-state index contributed by atoms with van der Waals surface area (Å²) in [6.07, 6.45) is 3.66. The molecule has 23 heavy (non-hydrogen) atoms. The number of hydrogen-bond acceptors (Lipinski definition) is 3. The lowest BCUT2D eigenvalue weighted by Gasteiger charge is -2.33. The van der Waals surface area contributed by atoms with Crippen LogP contribution in [0.3, 0.4) is 0 Å². The molecule has 1 amide bonds. The molecule has 1 aromatic heterocycles. The van der Waals surface area contributed by atoms with E-state index in [2.05, 4.69) is 23.2 Å². The smallest absolute Gasteiger partial charge is 0.255 e. The van der Waals surface area contributed by atoms with Crippen molar-refractivity contribution in [1.29, 1.82) is 0 Å². The van der Waals surface area contributed by atoms with Crippen molar-refractivity contribution >= 4 is 17.5 Å². The van der Waals surface area contributed by atoms with Gasteiger partial charge >= 0.3 is 0 Å². The number of amides is 1. The quantitative estimate of drug-likeness (QED) is 0.842. The monoisotopic (exact) mass is 329 g/mol. The summed E-state index contributed by atoms with van der Waals surface area (Å²) < 4.78 is 0. The second-order valence-electron chi connectivity index (χ2n) is 6.18. The minimum absolute atomic E-state index is 0.0410. The van der Waals surface area contributed by atoms with Gasteiger partial charge in [-0.05, 0) is 56.0 Å². The number of likely N-dealkylation sites (tertiary alicyclic amines) is 1. The Morgan fingerprint density at radius 2 is 2.13 bits per heavy atom. The van der Waals surface area contributed by atoms with E-state index in [-0.39, 0.29) is 5.91 Å². The molecule has 1 aromatic carbocycles. The number of carbonyl (C=O) groups is 1. The molecule has 1 saturated heterocycles. The highest BCUT2D eigenvalue weighted by Crippen LogP contribution is 2.31. The molecule has 0 saturated carbocycles. The van der Waals surface area contributed by atoms with Crippen LogP contribution in [0.25, 0.3) is 0 Å². The van der Waals surface area contributed by atoms with Gasteiger partial charge in [0.1, 0.15) is 0 Å². The molecule has 5 heteroatoms. The molecular formula is C18H20ClN3O. The number of aromatic nitrogens is 2. The van der Waals surface area contributed by atoms with Crippen LogP contribution in [0.4, 0.5) is 0 Å². The Hall–Kier alpha value is -1.94. The van der Waals surface area contributed by atoms with Crippen LogP contribution in [0, 0.1) is 13.8 Å². The zero-order valence-corrected chi connectivity index (χ0v) is 14.2. The van der Waals surface area contributed by atoms with Gasteiger partial charge in [0.2, 0.25) is 0 Å². The van der Waals surface area contributed by atoms with Gasteiger partial charge in [0.05, 0.1) is 17.5 Å². The van der Waals surface area contributed by atoms with E-state index in [1.807, 2.05) is 24.0 Å². The Bertz CT molecular complexity index is 732. The highest BCUT2D eigenvalue weighted by atomic mass is 35.5. The predicted molar refractivity (Wildman–Crippen MR) is 90.8 cm³/mol. The molecular weight excluding hydrogens is 310 g/mol. The standard InChI is InChI=1S/C18H20ClN3O/c1-12-8-16(19)5-6-17(12)14-4-3-7-22(11-14)18(23)15-9-13(2)21-20-10-15/h5-6,8-10,14H,3-4,7,11H2,1-2H3/t14-/m0/s1. The molecule has 0 N–H and O–H groups in total. The van der Waals surface area contributed by atoms with Gasteiger partial charge in [-0.2, -0.15) is 10.2 Å². The average molecular weight is 330 g/mol. The number of hydrogen-bond donors (Lipinski definition) is 0. The van der Waals surface area contributed by atoms with Crippen molar-refractivity contribution in [2.24, 2.45) is 0 Å². The summed E-state index contributed by atoms with van der Waals surface area (Å²) in [5.41, 5.74) is 3.86. The third-order valence-electron chi connectivity index (χ3n) is 4.40. The molecule has 1 aliphatic rings. The van der Waals surface area contributed by atoms with Crippen molar-refractivity contribution in [3.05, 3.63) is 57.9 Å². The lowest BCUT2D eigenvalue weighted by molar-refractivity contribution is 0.0706. The Morgan fingerprint density at radius 3 is 2.87 bits per heavy atom. The lowest BCUT2D eigenvalue weighted by Crippen LogP contribution is -2.39. The normalized spacial score (nSPS) is 18.0. The summed E-state index contributed by atoms with van der Waals surface area (Å²) in [6.45, 7) is 5.46. The fourth-order valence-corrected chi connectivity index (χ4v) is 3.51. The first kappa shape index (κ1) is 15.9. The largest absolute Gasteiger partial charge is 0.338 e. The number of carbonyl (C=O) groups excluding carboxylic acids is 1. The van der Waals surface area contributed by atoms with Crippen molar-refractivity contribution in [2.45, 2.75) is 32.6 Å². The Morgan fingerprint density at radius 1 is 1.30 bits per heavy atom. The maximum absolute atomic E-state index is 12.7. The van der Waals surface area contributed by atoms with E-state index < -0.39 is 0 Å². The first-order valence-electron chi connectivity index (χ1n) is 7.89. The molecule has 0 spiro atoms. The fraction of sp³-hybridized carbons (Fsp3) is 0.389. The Labute approximate surface area is 141 Å². The minimum atomic E-state index is 0.0410. The molecule has 120 valence electrons. The molecule has 0 aliphatic carbocycles. The van der Waals surface area contributed by atoms with Crippen LogP contribution in [0.15, 0.2) is 30.5 Å².